The number of nitrogens with one attached hydrogen (secondary N) is 1. The number of nitrogens with zero attached hydrogens (tertiary/aromatic N) is 3. The van der Waals surface area contributed by atoms with Gasteiger partial charge < -0.3 is 9.88 Å². The third kappa shape index (κ3) is 3.72. The molecule has 0 aliphatic heterocycles. The molecule has 0 aliphatic carbocycles. The van der Waals surface area contributed by atoms with E-state index in [4.69, 9.17) is 0 Å². The van der Waals surface area contributed by atoms with E-state index in [0.29, 0.717) is 6.54 Å². The summed E-state index contributed by atoms with van der Waals surface area (Å²) in [6.07, 6.45) is 6.15. The number of hydrogen-bond donors (Lipinski definition) is 1. The van der Waals surface area contributed by atoms with Crippen molar-refractivity contribution in [2.75, 3.05) is 11.6 Å². The fraction of sp³-hybridized carbons (Fsp3) is 0.118. The minimum Gasteiger partial charge on any atom is -0.375 e. The van der Waals surface area contributed by atoms with Crippen LogP contribution in [-0.2, 0) is 16.4 Å². The van der Waals surface area contributed by atoms with E-state index in [1.165, 1.54) is 18.2 Å². The van der Waals surface area contributed by atoms with E-state index in [1.807, 2.05) is 35.0 Å². The molecule has 26 heavy (non-hydrogen) atoms. The lowest BCUT2D eigenvalue weighted by Gasteiger charge is -2.10. The van der Waals surface area contributed by atoms with E-state index in [9.17, 15) is 18.5 Å². The fourth-order valence-electron chi connectivity index (χ4n) is 2.55. The van der Waals surface area contributed by atoms with Gasteiger partial charge in [-0.05, 0) is 29.8 Å². The maximum absolute atomic E-state index is 11.8. The molecule has 0 unspecified atom stereocenters. The van der Waals surface area contributed by atoms with Gasteiger partial charge in [0, 0.05) is 30.9 Å². The summed E-state index contributed by atoms with van der Waals surface area (Å²) in [4.78, 5) is 14.4. The third-order valence-corrected chi connectivity index (χ3v) is 4.93. The highest BCUT2D eigenvalue weighted by molar-refractivity contribution is 7.90. The van der Waals surface area contributed by atoms with E-state index in [0.717, 1.165) is 17.5 Å². The number of anilines is 1. The van der Waals surface area contributed by atoms with E-state index in [-0.39, 0.29) is 10.6 Å². The van der Waals surface area contributed by atoms with Gasteiger partial charge in [0.15, 0.2) is 9.84 Å². The summed E-state index contributed by atoms with van der Waals surface area (Å²) >= 11 is 0. The van der Waals surface area contributed by atoms with Crippen LogP contribution in [0.1, 0.15) is 5.56 Å². The third-order valence-electron chi connectivity index (χ3n) is 3.80. The van der Waals surface area contributed by atoms with Crippen LogP contribution in [-0.4, -0.2) is 29.1 Å². The molecule has 9 heteroatoms. The summed E-state index contributed by atoms with van der Waals surface area (Å²) in [5, 5.41) is 14.3. The van der Waals surface area contributed by atoms with Crippen molar-refractivity contribution in [2.45, 2.75) is 11.4 Å². The number of nitro benzene ring substituents is 1. The number of hydrogen-bond acceptors (Lipinski definition) is 6. The van der Waals surface area contributed by atoms with Crippen molar-refractivity contribution in [1.29, 1.82) is 0 Å². The van der Waals surface area contributed by atoms with Gasteiger partial charge in [-0.1, -0.05) is 18.2 Å². The second-order valence-electron chi connectivity index (χ2n) is 5.67. The minimum absolute atomic E-state index is 0.164. The van der Waals surface area contributed by atoms with E-state index < -0.39 is 20.4 Å². The molecule has 2 aromatic carbocycles. The molecule has 0 atom stereocenters. The average molecular weight is 372 g/mol. The van der Waals surface area contributed by atoms with E-state index in [1.54, 1.807) is 12.5 Å². The number of aromatic nitrogens is 2. The van der Waals surface area contributed by atoms with Crippen molar-refractivity contribution in [2.24, 2.45) is 0 Å². The molecule has 1 aromatic heterocycles. The molecule has 0 radical (unpaired) electrons. The average Bonchev–Trinajstić information content (AvgIpc) is 3.13. The Labute approximate surface area is 150 Å². The van der Waals surface area contributed by atoms with Crippen molar-refractivity contribution in [3.05, 3.63) is 76.9 Å². The summed E-state index contributed by atoms with van der Waals surface area (Å²) in [6, 6.07) is 11.8. The van der Waals surface area contributed by atoms with Crippen molar-refractivity contribution < 1.29 is 13.3 Å². The van der Waals surface area contributed by atoms with Gasteiger partial charge in [-0.25, -0.2) is 13.4 Å². The molecule has 0 saturated heterocycles. The molecule has 0 saturated carbocycles. The van der Waals surface area contributed by atoms with Gasteiger partial charge in [0.25, 0.3) is 0 Å². The molecule has 3 rings (SSSR count). The standard InChI is InChI=1S/C17H16N4O4S/c1-26(24,25)16-4-2-3-15(17(16)21(22)23)19-11-13-5-7-14(8-6-13)20-10-9-18-12-20/h2-10,12,19H,11H2,1H3. The zero-order chi connectivity index (χ0) is 18.7. The lowest BCUT2D eigenvalue weighted by molar-refractivity contribution is -0.386. The molecule has 8 nitrogen and oxygen atoms in total. The number of imidazole rings is 1. The van der Waals surface area contributed by atoms with Crippen molar-refractivity contribution in [3.8, 4) is 5.69 Å². The van der Waals surface area contributed by atoms with Crippen molar-refractivity contribution >= 4 is 21.2 Å². The van der Waals surface area contributed by atoms with E-state index >= 15 is 0 Å². The smallest absolute Gasteiger partial charge is 0.310 e. The highest BCUT2D eigenvalue weighted by Crippen LogP contribution is 2.32. The van der Waals surface area contributed by atoms with Crippen LogP contribution in [0.3, 0.4) is 0 Å². The Morgan fingerprint density at radius 3 is 2.50 bits per heavy atom. The van der Waals surface area contributed by atoms with Crippen LogP contribution in [0, 0.1) is 10.1 Å². The van der Waals surface area contributed by atoms with Gasteiger partial charge in [0.2, 0.25) is 0 Å². The van der Waals surface area contributed by atoms with Gasteiger partial charge in [0.1, 0.15) is 10.6 Å². The number of sulfone groups is 1. The molecule has 0 spiro atoms. The molecule has 0 bridgehead atoms. The number of benzene rings is 2. The quantitative estimate of drug-likeness (QED) is 0.527. The molecule has 1 N–H and O–H groups in total. The summed E-state index contributed by atoms with van der Waals surface area (Å²) in [5.74, 6) is 0. The summed E-state index contributed by atoms with van der Waals surface area (Å²) < 4.78 is 25.4. The molecule has 0 fully saturated rings. The maximum atomic E-state index is 11.8. The first-order valence-corrected chi connectivity index (χ1v) is 9.54. The summed E-state index contributed by atoms with van der Waals surface area (Å²) in [5.41, 5.74) is 1.56. The van der Waals surface area contributed by atoms with Gasteiger partial charge >= 0.3 is 5.69 Å². The Kier molecular flexibility index (Phi) is 4.72. The van der Waals surface area contributed by atoms with Crippen LogP contribution in [0.2, 0.25) is 0 Å². The molecule has 0 aliphatic rings. The Morgan fingerprint density at radius 1 is 1.19 bits per heavy atom. The zero-order valence-electron chi connectivity index (χ0n) is 13.9. The normalized spacial score (nSPS) is 11.3. The molecular formula is C17H16N4O4S. The van der Waals surface area contributed by atoms with Gasteiger partial charge in [0.05, 0.1) is 11.3 Å². The highest BCUT2D eigenvalue weighted by atomic mass is 32.2. The number of para-hydroxylation sites is 1. The highest BCUT2D eigenvalue weighted by Gasteiger charge is 2.25. The van der Waals surface area contributed by atoms with Crippen LogP contribution in [0.25, 0.3) is 5.69 Å². The molecule has 134 valence electrons. The van der Waals surface area contributed by atoms with Crippen LogP contribution in [0.5, 0.6) is 0 Å². The topological polar surface area (TPSA) is 107 Å². The number of rotatable bonds is 6. The maximum Gasteiger partial charge on any atom is 0.310 e. The monoisotopic (exact) mass is 372 g/mol. The lowest BCUT2D eigenvalue weighted by Crippen LogP contribution is -2.07. The largest absolute Gasteiger partial charge is 0.375 e. The number of nitro groups is 1. The Bertz CT molecular complexity index is 1030. The van der Waals surface area contributed by atoms with Crippen LogP contribution < -0.4 is 5.32 Å². The van der Waals surface area contributed by atoms with Crippen LogP contribution in [0.4, 0.5) is 11.4 Å². The SMILES string of the molecule is CS(=O)(=O)c1cccc(NCc2ccc(-n3ccnc3)cc2)c1[N+](=O)[O-]. The summed E-state index contributed by atoms with van der Waals surface area (Å²) in [6.45, 7) is 0.318. The fourth-order valence-corrected chi connectivity index (χ4v) is 3.41. The second kappa shape index (κ2) is 6.96. The zero-order valence-corrected chi connectivity index (χ0v) is 14.7. The van der Waals surface area contributed by atoms with Crippen LogP contribution in [0.15, 0.2) is 66.1 Å². The Morgan fingerprint density at radius 2 is 1.92 bits per heavy atom. The van der Waals surface area contributed by atoms with Gasteiger partial charge in [-0.2, -0.15) is 0 Å². The molecule has 0 amide bonds. The first-order valence-electron chi connectivity index (χ1n) is 7.65. The van der Waals surface area contributed by atoms with Crippen molar-refractivity contribution in [1.82, 2.24) is 9.55 Å². The molecule has 3 aromatic rings. The minimum atomic E-state index is -3.71. The van der Waals surface area contributed by atoms with Gasteiger partial charge in [-0.3, -0.25) is 10.1 Å². The predicted octanol–water partition coefficient (Wildman–Crippen LogP) is 2.80. The van der Waals surface area contributed by atoms with Crippen molar-refractivity contribution in [3.63, 3.8) is 0 Å². The molecule has 1 heterocycles. The predicted molar refractivity (Wildman–Crippen MR) is 97.1 cm³/mol. The van der Waals surface area contributed by atoms with Gasteiger partial charge in [-0.15, -0.1) is 0 Å². The lowest BCUT2D eigenvalue weighted by atomic mass is 10.2. The Hall–Kier alpha value is -3.20. The molecular weight excluding hydrogens is 356 g/mol. The Balaban J connectivity index is 1.83. The first-order chi connectivity index (χ1) is 12.4. The van der Waals surface area contributed by atoms with Crippen LogP contribution >= 0.6 is 0 Å². The second-order valence-corrected chi connectivity index (χ2v) is 7.66. The van der Waals surface area contributed by atoms with E-state index in [2.05, 4.69) is 10.3 Å². The summed E-state index contributed by atoms with van der Waals surface area (Å²) in [7, 11) is -3.71. The first kappa shape index (κ1) is 17.6.